The fourth-order valence-electron chi connectivity index (χ4n) is 3.75. The zero-order valence-electron chi connectivity index (χ0n) is 17.8. The molecule has 1 amide bonds. The zero-order chi connectivity index (χ0) is 23.3. The highest BCUT2D eigenvalue weighted by Crippen LogP contribution is 2.28. The summed E-state index contributed by atoms with van der Waals surface area (Å²) >= 11 is 0. The Labute approximate surface area is 192 Å². The second kappa shape index (κ2) is 10.1. The lowest BCUT2D eigenvalue weighted by Gasteiger charge is -2.33. The first kappa shape index (κ1) is 22.8. The molecule has 1 atom stereocenters. The van der Waals surface area contributed by atoms with Crippen LogP contribution < -0.4 is 10.2 Å². The Bertz CT molecular complexity index is 1200. The van der Waals surface area contributed by atoms with E-state index >= 15 is 0 Å². The number of aromatic nitrogens is 2. The van der Waals surface area contributed by atoms with E-state index in [2.05, 4.69) is 22.1 Å². The smallest absolute Gasteiger partial charge is 0.262 e. The molecule has 2 heterocycles. The van der Waals surface area contributed by atoms with E-state index in [0.717, 1.165) is 17.1 Å². The Hall–Kier alpha value is -3.34. The molecule has 0 saturated carbocycles. The van der Waals surface area contributed by atoms with Crippen molar-refractivity contribution in [2.24, 2.45) is 0 Å². The summed E-state index contributed by atoms with van der Waals surface area (Å²) in [4.78, 5) is 20.6. The molecule has 0 fully saturated rings. The summed E-state index contributed by atoms with van der Waals surface area (Å²) in [5.41, 5.74) is 3.79. The highest BCUT2D eigenvalue weighted by atomic mass is 32.2. The van der Waals surface area contributed by atoms with Gasteiger partial charge in [-0.05, 0) is 42.7 Å². The van der Waals surface area contributed by atoms with Gasteiger partial charge in [0.05, 0.1) is 29.4 Å². The predicted octanol–water partition coefficient (Wildman–Crippen LogP) is 2.11. The van der Waals surface area contributed by atoms with Crippen molar-refractivity contribution >= 4 is 15.9 Å². The maximum atomic E-state index is 13.3. The molecule has 4 rings (SSSR count). The average molecular weight is 469 g/mol. The van der Waals surface area contributed by atoms with Crippen LogP contribution in [0.4, 0.5) is 0 Å². The number of hydrogen-bond acceptors (Lipinski definition) is 7. The molecule has 0 unspecified atom stereocenters. The van der Waals surface area contributed by atoms with Gasteiger partial charge in [0.25, 0.3) is 5.91 Å². The van der Waals surface area contributed by atoms with E-state index in [1.54, 1.807) is 17.6 Å². The van der Waals surface area contributed by atoms with Crippen LogP contribution in [0.5, 0.6) is 5.75 Å². The Balaban J connectivity index is 1.45. The number of carbonyl (C=O) groups excluding carboxylic acids is 1. The van der Waals surface area contributed by atoms with E-state index in [-0.39, 0.29) is 17.9 Å². The number of nitrogens with one attached hydrogen (secondary N) is 1. The third kappa shape index (κ3) is 5.19. The molecule has 33 heavy (non-hydrogen) atoms. The highest BCUT2D eigenvalue weighted by molar-refractivity contribution is 7.89. The van der Waals surface area contributed by atoms with Crippen LogP contribution in [-0.4, -0.2) is 46.5 Å². The standard InChI is InChI=1S/C23H24N4O5S/c28-23(26-29)22-15-20-21(25-13-12-24-20)16-27(22)33(30,31)19-10-8-18(9-11-19)32-14-4-7-17-5-2-1-3-6-17/h1-3,5-6,8-13,22,29H,4,7,14-16H2,(H,26,28)/t22-/m1/s1. The van der Waals surface area contributed by atoms with Gasteiger partial charge in [0.2, 0.25) is 10.0 Å². The molecule has 0 radical (unpaired) electrons. The molecule has 0 saturated heterocycles. The van der Waals surface area contributed by atoms with E-state index in [4.69, 9.17) is 9.94 Å². The van der Waals surface area contributed by atoms with Crippen molar-refractivity contribution in [3.05, 3.63) is 83.9 Å². The van der Waals surface area contributed by atoms with Crippen LogP contribution >= 0.6 is 0 Å². The van der Waals surface area contributed by atoms with Gasteiger partial charge in [-0.2, -0.15) is 4.31 Å². The number of ether oxygens (including phenoxy) is 1. The number of rotatable bonds is 8. The van der Waals surface area contributed by atoms with E-state index in [9.17, 15) is 13.2 Å². The van der Waals surface area contributed by atoms with Crippen LogP contribution in [0.25, 0.3) is 0 Å². The maximum Gasteiger partial charge on any atom is 0.262 e. The summed E-state index contributed by atoms with van der Waals surface area (Å²) in [5.74, 6) is -0.269. The Morgan fingerprint density at radius 3 is 2.45 bits per heavy atom. The summed E-state index contributed by atoms with van der Waals surface area (Å²) in [7, 11) is -4.05. The molecule has 10 heteroatoms. The van der Waals surface area contributed by atoms with Crippen LogP contribution in [0.3, 0.4) is 0 Å². The van der Waals surface area contributed by atoms with Gasteiger partial charge in [0.1, 0.15) is 11.8 Å². The summed E-state index contributed by atoms with van der Waals surface area (Å²) in [6.07, 6.45) is 4.68. The minimum atomic E-state index is -4.05. The second-order valence-corrected chi connectivity index (χ2v) is 9.50. The van der Waals surface area contributed by atoms with Crippen molar-refractivity contribution in [3.63, 3.8) is 0 Å². The minimum absolute atomic E-state index is 0.0113. The van der Waals surface area contributed by atoms with Crippen molar-refractivity contribution in [1.82, 2.24) is 19.8 Å². The summed E-state index contributed by atoms with van der Waals surface area (Å²) in [6, 6.07) is 15.0. The third-order valence-corrected chi connectivity index (χ3v) is 7.33. The molecule has 172 valence electrons. The number of sulfonamides is 1. The fraction of sp³-hybridized carbons (Fsp3) is 0.261. The Morgan fingerprint density at radius 2 is 1.76 bits per heavy atom. The third-order valence-electron chi connectivity index (χ3n) is 5.46. The fourth-order valence-corrected chi connectivity index (χ4v) is 5.29. The van der Waals surface area contributed by atoms with Crippen molar-refractivity contribution in [1.29, 1.82) is 0 Å². The lowest BCUT2D eigenvalue weighted by Crippen LogP contribution is -2.52. The molecule has 1 aliphatic heterocycles. The SMILES string of the molecule is O=C(NO)[C@H]1Cc2nccnc2CN1S(=O)(=O)c1ccc(OCCCc2ccccc2)cc1. The van der Waals surface area contributed by atoms with Gasteiger partial charge < -0.3 is 4.74 Å². The van der Waals surface area contributed by atoms with Crippen molar-refractivity contribution in [2.45, 2.75) is 36.7 Å². The van der Waals surface area contributed by atoms with Gasteiger partial charge >= 0.3 is 0 Å². The second-order valence-electron chi connectivity index (χ2n) is 7.60. The first-order valence-electron chi connectivity index (χ1n) is 10.5. The van der Waals surface area contributed by atoms with Crippen LogP contribution in [0, 0.1) is 0 Å². The zero-order valence-corrected chi connectivity index (χ0v) is 18.6. The van der Waals surface area contributed by atoms with Crippen molar-refractivity contribution in [3.8, 4) is 5.75 Å². The molecule has 2 aromatic carbocycles. The summed E-state index contributed by atoms with van der Waals surface area (Å²) in [5, 5.41) is 9.13. The first-order chi connectivity index (χ1) is 16.0. The first-order valence-corrected chi connectivity index (χ1v) is 11.9. The van der Waals surface area contributed by atoms with Gasteiger partial charge in [-0.15, -0.1) is 0 Å². The molecule has 2 N–H and O–H groups in total. The Morgan fingerprint density at radius 1 is 1.06 bits per heavy atom. The minimum Gasteiger partial charge on any atom is -0.494 e. The molecule has 1 aromatic heterocycles. The molecule has 0 bridgehead atoms. The molecule has 0 spiro atoms. The van der Waals surface area contributed by atoms with E-state index < -0.39 is 22.0 Å². The number of fused-ring (bicyclic) bond motifs is 1. The number of hydrogen-bond donors (Lipinski definition) is 2. The largest absolute Gasteiger partial charge is 0.494 e. The molecule has 3 aromatic rings. The molecular formula is C23H24N4O5S. The van der Waals surface area contributed by atoms with Crippen LogP contribution in [0.15, 0.2) is 71.9 Å². The topological polar surface area (TPSA) is 122 Å². The van der Waals surface area contributed by atoms with E-state index in [1.165, 1.54) is 30.1 Å². The van der Waals surface area contributed by atoms with Gasteiger partial charge in [-0.3, -0.25) is 20.0 Å². The lowest BCUT2D eigenvalue weighted by atomic mass is 10.0. The molecule has 0 aliphatic carbocycles. The lowest BCUT2D eigenvalue weighted by molar-refractivity contribution is -0.133. The van der Waals surface area contributed by atoms with Crippen molar-refractivity contribution < 1.29 is 23.2 Å². The van der Waals surface area contributed by atoms with E-state index in [0.29, 0.717) is 23.7 Å². The number of aryl methyl sites for hydroxylation is 1. The number of amides is 1. The number of benzene rings is 2. The van der Waals surface area contributed by atoms with Gasteiger partial charge in [0, 0.05) is 18.8 Å². The highest BCUT2D eigenvalue weighted by Gasteiger charge is 2.40. The monoisotopic (exact) mass is 468 g/mol. The number of carbonyl (C=O) groups is 1. The molecule has 1 aliphatic rings. The summed E-state index contributed by atoms with van der Waals surface area (Å²) in [6.45, 7) is 0.378. The van der Waals surface area contributed by atoms with E-state index in [1.807, 2.05) is 18.2 Å². The van der Waals surface area contributed by atoms with Gasteiger partial charge in [-0.1, -0.05) is 30.3 Å². The maximum absolute atomic E-state index is 13.3. The normalized spacial score (nSPS) is 16.1. The van der Waals surface area contributed by atoms with Crippen LogP contribution in [-0.2, 0) is 34.2 Å². The summed E-state index contributed by atoms with van der Waals surface area (Å²) < 4.78 is 33.4. The van der Waals surface area contributed by atoms with Crippen LogP contribution in [0.1, 0.15) is 23.4 Å². The Kier molecular flexibility index (Phi) is 6.97. The quantitative estimate of drug-likeness (QED) is 0.295. The number of nitrogens with zero attached hydrogens (tertiary/aromatic N) is 3. The number of hydroxylamine groups is 1. The van der Waals surface area contributed by atoms with Gasteiger partial charge in [-0.25, -0.2) is 13.9 Å². The van der Waals surface area contributed by atoms with Gasteiger partial charge in [0.15, 0.2) is 0 Å². The van der Waals surface area contributed by atoms with Crippen molar-refractivity contribution in [2.75, 3.05) is 6.61 Å². The van der Waals surface area contributed by atoms with Crippen LogP contribution in [0.2, 0.25) is 0 Å². The molecule has 9 nitrogen and oxygen atoms in total. The average Bonchev–Trinajstić information content (AvgIpc) is 2.86. The molecular weight excluding hydrogens is 444 g/mol. The predicted molar refractivity (Wildman–Crippen MR) is 119 cm³/mol.